The van der Waals surface area contributed by atoms with E-state index in [0.29, 0.717) is 12.0 Å². The highest BCUT2D eigenvalue weighted by Crippen LogP contribution is 2.28. The summed E-state index contributed by atoms with van der Waals surface area (Å²) < 4.78 is 5.29. The fourth-order valence-corrected chi connectivity index (χ4v) is 3.54. The van der Waals surface area contributed by atoms with Crippen LogP contribution in [0, 0.1) is 6.92 Å². The van der Waals surface area contributed by atoms with Crippen molar-refractivity contribution < 1.29 is 23.9 Å². The summed E-state index contributed by atoms with van der Waals surface area (Å²) in [5.41, 5.74) is 5.60. The van der Waals surface area contributed by atoms with Gasteiger partial charge >= 0.3 is 6.09 Å². The lowest BCUT2D eigenvalue weighted by Gasteiger charge is -2.39. The summed E-state index contributed by atoms with van der Waals surface area (Å²) in [7, 11) is 0. The Morgan fingerprint density at radius 3 is 2.14 bits per heavy atom. The van der Waals surface area contributed by atoms with Crippen molar-refractivity contribution in [3.63, 3.8) is 0 Å². The van der Waals surface area contributed by atoms with Gasteiger partial charge in [0.25, 0.3) is 0 Å². The molecule has 0 aliphatic heterocycles. The van der Waals surface area contributed by atoms with E-state index in [1.165, 1.54) is 4.90 Å². The monoisotopic (exact) mass is 490 g/mol. The van der Waals surface area contributed by atoms with E-state index in [9.17, 15) is 19.2 Å². The SMILES string of the molecule is CCC(C)N(C(=O)C(CC(N)=O)NC(=O)OC(C)(C)C)C(C(=O)NC(C)(C)C)c1cccc(C)c1. The lowest BCUT2D eigenvalue weighted by atomic mass is 9.97. The molecule has 0 heterocycles. The minimum Gasteiger partial charge on any atom is -0.444 e. The predicted molar refractivity (Wildman–Crippen MR) is 135 cm³/mol. The molecule has 3 unspecified atom stereocenters. The second-order valence-electron chi connectivity index (χ2n) is 10.9. The average molecular weight is 491 g/mol. The maximum absolute atomic E-state index is 13.9. The molecule has 0 aliphatic rings. The van der Waals surface area contributed by atoms with Crippen LogP contribution < -0.4 is 16.4 Å². The van der Waals surface area contributed by atoms with E-state index in [4.69, 9.17) is 10.5 Å². The van der Waals surface area contributed by atoms with Gasteiger partial charge in [-0.2, -0.15) is 0 Å². The molecule has 0 fully saturated rings. The number of rotatable bonds is 9. The largest absolute Gasteiger partial charge is 0.444 e. The Morgan fingerprint density at radius 2 is 1.69 bits per heavy atom. The van der Waals surface area contributed by atoms with E-state index in [0.717, 1.165) is 5.56 Å². The van der Waals surface area contributed by atoms with E-state index < -0.39 is 53.6 Å². The predicted octanol–water partition coefficient (Wildman–Crippen LogP) is 3.35. The molecule has 9 heteroatoms. The van der Waals surface area contributed by atoms with E-state index in [2.05, 4.69) is 10.6 Å². The first kappa shape index (κ1) is 29.9. The molecule has 9 nitrogen and oxygen atoms in total. The van der Waals surface area contributed by atoms with Crippen LogP contribution in [0.2, 0.25) is 0 Å². The standard InChI is InChI=1S/C26H42N4O5/c1-10-17(3)30(23(33)19(15-20(27)31)28-24(34)35-26(7,8)9)21(22(32)29-25(4,5)6)18-13-11-12-16(2)14-18/h11-14,17,19,21H,10,15H2,1-9H3,(H2,27,31)(H,28,34)(H,29,32). The van der Waals surface area contributed by atoms with Crippen molar-refractivity contribution in [1.82, 2.24) is 15.5 Å². The van der Waals surface area contributed by atoms with E-state index >= 15 is 0 Å². The van der Waals surface area contributed by atoms with Crippen molar-refractivity contribution >= 4 is 23.8 Å². The molecule has 1 aromatic rings. The second kappa shape index (κ2) is 12.0. The number of ether oxygens (including phenoxy) is 1. The Morgan fingerprint density at radius 1 is 1.09 bits per heavy atom. The van der Waals surface area contributed by atoms with Crippen LogP contribution in [0.15, 0.2) is 24.3 Å². The highest BCUT2D eigenvalue weighted by Gasteiger charge is 2.39. The number of nitrogens with zero attached hydrogens (tertiary/aromatic N) is 1. The number of carbonyl (C=O) groups is 4. The third kappa shape index (κ3) is 9.96. The summed E-state index contributed by atoms with van der Waals surface area (Å²) in [5, 5.41) is 5.45. The molecule has 0 spiro atoms. The van der Waals surface area contributed by atoms with Gasteiger partial charge in [0.2, 0.25) is 17.7 Å². The first-order valence-corrected chi connectivity index (χ1v) is 11.9. The second-order valence-corrected chi connectivity index (χ2v) is 10.9. The van der Waals surface area contributed by atoms with Crippen LogP contribution in [0.1, 0.15) is 85.4 Å². The molecule has 0 saturated heterocycles. The number of hydrogen-bond acceptors (Lipinski definition) is 5. The smallest absolute Gasteiger partial charge is 0.408 e. The number of alkyl carbamates (subject to hydrolysis) is 1. The lowest BCUT2D eigenvalue weighted by molar-refractivity contribution is -0.146. The van der Waals surface area contributed by atoms with Crippen molar-refractivity contribution in [2.45, 2.75) is 104 Å². The van der Waals surface area contributed by atoms with Gasteiger partial charge in [-0.15, -0.1) is 0 Å². The molecule has 4 N–H and O–H groups in total. The fraction of sp³-hybridized carbons (Fsp3) is 0.615. The molecule has 3 atom stereocenters. The average Bonchev–Trinajstić information content (AvgIpc) is 2.67. The molecule has 196 valence electrons. The van der Waals surface area contributed by atoms with Crippen LogP contribution in [0.25, 0.3) is 0 Å². The van der Waals surface area contributed by atoms with Crippen molar-refractivity contribution in [3.05, 3.63) is 35.4 Å². The summed E-state index contributed by atoms with van der Waals surface area (Å²) in [6, 6.07) is 4.67. The maximum Gasteiger partial charge on any atom is 0.408 e. The molecule has 1 rings (SSSR count). The maximum atomic E-state index is 13.9. The minimum absolute atomic E-state index is 0.369. The Kier molecular flexibility index (Phi) is 10.3. The topological polar surface area (TPSA) is 131 Å². The van der Waals surface area contributed by atoms with Gasteiger partial charge in [0.05, 0.1) is 6.42 Å². The van der Waals surface area contributed by atoms with Crippen LogP contribution in [0.4, 0.5) is 4.79 Å². The van der Waals surface area contributed by atoms with Gasteiger partial charge in [-0.3, -0.25) is 14.4 Å². The lowest BCUT2D eigenvalue weighted by Crippen LogP contribution is -2.57. The van der Waals surface area contributed by atoms with E-state index in [1.807, 2.05) is 59.7 Å². The van der Waals surface area contributed by atoms with Crippen molar-refractivity contribution in [2.24, 2.45) is 5.73 Å². The number of primary amides is 1. The number of nitrogens with two attached hydrogens (primary N) is 1. The van der Waals surface area contributed by atoms with Crippen LogP contribution in [0.3, 0.4) is 0 Å². The summed E-state index contributed by atoms with van der Waals surface area (Å²) in [6.45, 7) is 16.2. The zero-order valence-electron chi connectivity index (χ0n) is 22.5. The van der Waals surface area contributed by atoms with Gasteiger partial charge in [0.1, 0.15) is 17.7 Å². The van der Waals surface area contributed by atoms with Crippen molar-refractivity contribution in [3.8, 4) is 0 Å². The van der Waals surface area contributed by atoms with Crippen LogP contribution in [-0.4, -0.2) is 51.9 Å². The Hall–Kier alpha value is -3.10. The third-order valence-electron chi connectivity index (χ3n) is 5.10. The Labute approximate surface area is 209 Å². The fourth-order valence-electron chi connectivity index (χ4n) is 3.54. The molecular formula is C26H42N4O5. The van der Waals surface area contributed by atoms with Crippen molar-refractivity contribution in [1.29, 1.82) is 0 Å². The first-order chi connectivity index (χ1) is 15.9. The molecule has 4 amide bonds. The normalized spacial score (nSPS) is 14.3. The zero-order valence-corrected chi connectivity index (χ0v) is 22.5. The number of nitrogens with one attached hydrogen (secondary N) is 2. The molecule has 0 radical (unpaired) electrons. The highest BCUT2D eigenvalue weighted by molar-refractivity contribution is 5.94. The summed E-state index contributed by atoms with van der Waals surface area (Å²) in [4.78, 5) is 53.2. The third-order valence-corrected chi connectivity index (χ3v) is 5.10. The zero-order chi connectivity index (χ0) is 27.1. The highest BCUT2D eigenvalue weighted by atomic mass is 16.6. The molecule has 1 aromatic carbocycles. The number of benzene rings is 1. The summed E-state index contributed by atoms with van der Waals surface area (Å²) in [5.74, 6) is -1.74. The number of carbonyl (C=O) groups excluding carboxylic acids is 4. The molecule has 0 saturated carbocycles. The van der Waals surface area contributed by atoms with Crippen LogP contribution in [-0.2, 0) is 19.1 Å². The van der Waals surface area contributed by atoms with E-state index in [1.54, 1.807) is 26.8 Å². The Balaban J connectivity index is 3.57. The molecule has 0 bridgehead atoms. The first-order valence-electron chi connectivity index (χ1n) is 11.9. The van der Waals surface area contributed by atoms with E-state index in [-0.39, 0.29) is 5.91 Å². The van der Waals surface area contributed by atoms with Crippen LogP contribution in [0.5, 0.6) is 0 Å². The number of aryl methyl sites for hydroxylation is 1. The van der Waals surface area contributed by atoms with Gasteiger partial charge < -0.3 is 26.0 Å². The van der Waals surface area contributed by atoms with Crippen LogP contribution >= 0.6 is 0 Å². The molecule has 35 heavy (non-hydrogen) atoms. The van der Waals surface area contributed by atoms with Gasteiger partial charge in [-0.25, -0.2) is 4.79 Å². The quantitative estimate of drug-likeness (QED) is 0.489. The molecule has 0 aliphatic carbocycles. The molecule has 0 aromatic heterocycles. The van der Waals surface area contributed by atoms with Gasteiger partial charge in [0, 0.05) is 11.6 Å². The molecular weight excluding hydrogens is 448 g/mol. The van der Waals surface area contributed by atoms with Crippen molar-refractivity contribution in [2.75, 3.05) is 0 Å². The number of amides is 4. The summed E-state index contributed by atoms with van der Waals surface area (Å²) in [6.07, 6.45) is -0.758. The van der Waals surface area contributed by atoms with Gasteiger partial charge in [0.15, 0.2) is 0 Å². The minimum atomic E-state index is -1.30. The summed E-state index contributed by atoms with van der Waals surface area (Å²) >= 11 is 0. The number of hydrogen-bond donors (Lipinski definition) is 3. The van der Waals surface area contributed by atoms with Gasteiger partial charge in [-0.1, -0.05) is 36.8 Å². The van der Waals surface area contributed by atoms with Gasteiger partial charge in [-0.05, 0) is 67.4 Å². The Bertz CT molecular complexity index is 917.